The van der Waals surface area contributed by atoms with Crippen molar-refractivity contribution in [2.75, 3.05) is 34.4 Å². The molecule has 4 atom stereocenters. The number of aromatic amines is 1. The van der Waals surface area contributed by atoms with Crippen LogP contribution in [0, 0.1) is 0 Å². The molecule has 0 unspecified atom stereocenters. The first-order valence-corrected chi connectivity index (χ1v) is 20.0. The zero-order chi connectivity index (χ0) is 42.5. The van der Waals surface area contributed by atoms with Crippen LogP contribution in [0.15, 0.2) is 37.7 Å². The highest BCUT2D eigenvalue weighted by molar-refractivity contribution is 5.85. The summed E-state index contributed by atoms with van der Waals surface area (Å²) in [4.78, 5) is 49.9. The lowest BCUT2D eigenvalue weighted by Crippen LogP contribution is -2.33. The Labute approximate surface area is 347 Å². The maximum atomic E-state index is 11.2. The normalized spacial score (nSPS) is 21.3. The molecule has 1 aliphatic carbocycles. The van der Waals surface area contributed by atoms with Gasteiger partial charge >= 0.3 is 0 Å². The topological polar surface area (TPSA) is 312 Å². The van der Waals surface area contributed by atoms with Crippen LogP contribution >= 0.6 is 0 Å². The SMILES string of the molecule is CCn1nnc([C@H]2O[C@@H](n3cnc4c(NC5CCC(Nc6nc(NCCc7cn(C)cn7)nc7nc[nH]c67)CC5)nc(NCCc5cn(C)cn5)nc43)[C@H](O)[C@@H]2O)n1.O=CO. The number of tetrazole rings is 1. The highest BCUT2D eigenvalue weighted by atomic mass is 16.6. The zero-order valence-electron chi connectivity index (χ0n) is 33.7. The summed E-state index contributed by atoms with van der Waals surface area (Å²) in [5.41, 5.74) is 4.20. The van der Waals surface area contributed by atoms with Crippen molar-refractivity contribution < 1.29 is 24.9 Å². The van der Waals surface area contributed by atoms with E-state index in [4.69, 9.17) is 29.6 Å². The molecule has 0 amide bonds. The largest absolute Gasteiger partial charge is 0.483 e. The standard InChI is InChI=1S/C35H46N20O3.CH2O2/c1-4-55-50-31(49-51-55)27-25(56)26(57)33(58-27)54-18-42-24-30(47-35(48-32(24)54)37-12-10-22-14-53(3)17-41-22)44-20-7-5-19(6-8-20)43-29-23-28(39-15-38-23)45-34(46-29)36-11-9-21-13-52(2)16-40-21;2-1-3/h13-20,25-27,33,56-57H,4-12H2,1-3H3,(H2,37,44,47,48)(H3,36,38,39,43,45,46);1H,(H,2,3)/t19?,20?,25-,26+,27-,33+;/m0./s1. The Morgan fingerprint density at radius 2 is 1.46 bits per heavy atom. The number of nitrogens with one attached hydrogen (secondary N) is 5. The van der Waals surface area contributed by atoms with Crippen LogP contribution in [0.5, 0.6) is 0 Å². The molecule has 25 heteroatoms. The van der Waals surface area contributed by atoms with E-state index in [0.717, 1.165) is 49.0 Å². The van der Waals surface area contributed by atoms with Gasteiger partial charge in [0.1, 0.15) is 17.7 Å². The van der Waals surface area contributed by atoms with Gasteiger partial charge in [0, 0.05) is 64.5 Å². The summed E-state index contributed by atoms with van der Waals surface area (Å²) in [5.74, 6) is 2.32. The van der Waals surface area contributed by atoms with E-state index >= 15 is 0 Å². The van der Waals surface area contributed by atoms with E-state index in [1.165, 1.54) is 4.80 Å². The molecule has 9 rings (SSSR count). The fourth-order valence-corrected chi connectivity index (χ4v) is 7.47. The predicted molar refractivity (Wildman–Crippen MR) is 218 cm³/mol. The molecule has 2 aliphatic rings. The van der Waals surface area contributed by atoms with Crippen molar-refractivity contribution in [3.8, 4) is 0 Å². The van der Waals surface area contributed by atoms with E-state index in [9.17, 15) is 10.2 Å². The third-order valence-corrected chi connectivity index (χ3v) is 10.5. The number of carbonyl (C=O) groups is 1. The molecule has 0 aromatic carbocycles. The third kappa shape index (κ3) is 9.17. The van der Waals surface area contributed by atoms with Crippen LogP contribution in [0.1, 0.15) is 62.2 Å². The molecule has 322 valence electrons. The Kier molecular flexibility index (Phi) is 12.2. The second-order valence-corrected chi connectivity index (χ2v) is 14.8. The number of fused-ring (bicyclic) bond motifs is 2. The van der Waals surface area contributed by atoms with Gasteiger partial charge in [-0.2, -0.15) is 24.7 Å². The lowest BCUT2D eigenvalue weighted by atomic mass is 9.91. The van der Waals surface area contributed by atoms with Gasteiger partial charge in [-0.05, 0) is 37.8 Å². The first kappa shape index (κ1) is 40.9. The van der Waals surface area contributed by atoms with Gasteiger partial charge in [-0.15, -0.1) is 10.2 Å². The van der Waals surface area contributed by atoms with Crippen molar-refractivity contribution in [1.29, 1.82) is 0 Å². The first-order chi connectivity index (χ1) is 29.7. The average molecular weight is 841 g/mol. The lowest BCUT2D eigenvalue weighted by Gasteiger charge is -2.30. The summed E-state index contributed by atoms with van der Waals surface area (Å²) in [6, 6.07) is 0.263. The van der Waals surface area contributed by atoms with Crippen LogP contribution in [-0.2, 0) is 43.0 Å². The number of hydrogen-bond donors (Lipinski definition) is 8. The predicted octanol–water partition coefficient (Wildman–Crippen LogP) is 0.803. The van der Waals surface area contributed by atoms with Gasteiger partial charge in [-0.25, -0.2) is 19.9 Å². The number of aliphatic hydroxyl groups is 2. The summed E-state index contributed by atoms with van der Waals surface area (Å²) >= 11 is 0. The number of nitrogens with zero attached hydrogens (tertiary/aromatic N) is 15. The van der Waals surface area contributed by atoms with E-state index in [1.54, 1.807) is 29.9 Å². The molecular formula is C36H48N20O5. The second-order valence-electron chi connectivity index (χ2n) is 14.8. The number of aromatic nitrogens is 16. The van der Waals surface area contributed by atoms with E-state index < -0.39 is 24.5 Å². The molecule has 1 saturated carbocycles. The van der Waals surface area contributed by atoms with E-state index in [1.807, 2.05) is 42.5 Å². The number of aryl methyl sites for hydroxylation is 3. The number of rotatable bonds is 15. The monoisotopic (exact) mass is 840 g/mol. The Morgan fingerprint density at radius 1 is 0.836 bits per heavy atom. The van der Waals surface area contributed by atoms with Crippen molar-refractivity contribution >= 4 is 52.3 Å². The van der Waals surface area contributed by atoms with Crippen LogP contribution in [0.3, 0.4) is 0 Å². The highest BCUT2D eigenvalue weighted by Crippen LogP contribution is 2.39. The van der Waals surface area contributed by atoms with Gasteiger partial charge < -0.3 is 55.4 Å². The fourth-order valence-electron chi connectivity index (χ4n) is 7.47. The number of anilines is 4. The molecule has 0 bridgehead atoms. The fraction of sp³-hybridized carbons (Fsp3) is 0.500. The van der Waals surface area contributed by atoms with Crippen molar-refractivity contribution in [1.82, 2.24) is 78.8 Å². The summed E-state index contributed by atoms with van der Waals surface area (Å²) in [7, 11) is 3.88. The summed E-state index contributed by atoms with van der Waals surface area (Å²) < 4.78 is 11.6. The van der Waals surface area contributed by atoms with Crippen molar-refractivity contribution in [3.63, 3.8) is 0 Å². The van der Waals surface area contributed by atoms with E-state index in [2.05, 4.69) is 66.6 Å². The molecule has 61 heavy (non-hydrogen) atoms. The number of aliphatic hydroxyl groups excluding tert-OH is 2. The Balaban J connectivity index is 0.00000166. The first-order valence-electron chi connectivity index (χ1n) is 20.0. The highest BCUT2D eigenvalue weighted by Gasteiger charge is 2.47. The van der Waals surface area contributed by atoms with Crippen molar-refractivity contribution in [2.24, 2.45) is 14.1 Å². The molecule has 2 fully saturated rings. The van der Waals surface area contributed by atoms with Gasteiger partial charge in [0.25, 0.3) is 6.47 Å². The summed E-state index contributed by atoms with van der Waals surface area (Å²) in [5, 5.41) is 55.4. The average Bonchev–Trinajstić information content (AvgIpc) is 4.12. The van der Waals surface area contributed by atoms with Gasteiger partial charge in [0.15, 0.2) is 40.8 Å². The second kappa shape index (κ2) is 18.2. The Bertz CT molecular complexity index is 2540. The maximum absolute atomic E-state index is 11.2. The quantitative estimate of drug-likeness (QED) is 0.0662. The van der Waals surface area contributed by atoms with E-state index in [-0.39, 0.29) is 24.4 Å². The number of carboxylic acid groups (broad SMARTS) is 1. The molecular weight excluding hydrogens is 793 g/mol. The van der Waals surface area contributed by atoms with Crippen LogP contribution in [-0.4, -0.2) is 138 Å². The zero-order valence-corrected chi connectivity index (χ0v) is 33.7. The molecule has 25 nitrogen and oxygen atoms in total. The lowest BCUT2D eigenvalue weighted by molar-refractivity contribution is -0.122. The minimum absolute atomic E-state index is 0.0934. The molecule has 8 N–H and O–H groups in total. The maximum Gasteiger partial charge on any atom is 0.290 e. The van der Waals surface area contributed by atoms with Crippen molar-refractivity contribution in [3.05, 3.63) is 54.9 Å². The minimum atomic E-state index is -1.32. The van der Waals surface area contributed by atoms with Crippen LogP contribution in [0.2, 0.25) is 0 Å². The van der Waals surface area contributed by atoms with Crippen LogP contribution in [0.4, 0.5) is 23.5 Å². The summed E-state index contributed by atoms with van der Waals surface area (Å²) in [6.07, 6.45) is 10.9. The van der Waals surface area contributed by atoms with Gasteiger partial charge in [-0.3, -0.25) is 9.36 Å². The van der Waals surface area contributed by atoms with Gasteiger partial charge in [0.05, 0.1) is 43.2 Å². The number of imidazole rings is 4. The Morgan fingerprint density at radius 3 is 2.07 bits per heavy atom. The number of H-pyrrole nitrogens is 1. The molecule has 8 heterocycles. The van der Waals surface area contributed by atoms with E-state index in [0.29, 0.717) is 66.4 Å². The summed E-state index contributed by atoms with van der Waals surface area (Å²) in [6.45, 7) is 3.29. The minimum Gasteiger partial charge on any atom is -0.483 e. The molecule has 0 spiro atoms. The molecule has 1 aliphatic heterocycles. The third-order valence-electron chi connectivity index (χ3n) is 10.5. The molecule has 7 aromatic heterocycles. The van der Waals surface area contributed by atoms with Gasteiger partial charge in [-0.1, -0.05) is 0 Å². The van der Waals surface area contributed by atoms with Crippen molar-refractivity contribution in [2.45, 2.75) is 88.6 Å². The van der Waals surface area contributed by atoms with Gasteiger partial charge in [0.2, 0.25) is 17.7 Å². The molecule has 1 saturated heterocycles. The molecule has 7 aromatic rings. The smallest absolute Gasteiger partial charge is 0.290 e. The number of hydrogen-bond acceptors (Lipinski definition) is 19. The van der Waals surface area contributed by atoms with Crippen LogP contribution < -0.4 is 21.3 Å². The molecule has 0 radical (unpaired) electrons. The Hall–Kier alpha value is -6.86. The number of ether oxygens (including phenoxy) is 1. The van der Waals surface area contributed by atoms with Crippen LogP contribution in [0.25, 0.3) is 22.3 Å².